The fraction of sp³-hybridized carbons (Fsp3) is 0.500. The monoisotopic (exact) mass is 250 g/mol. The van der Waals surface area contributed by atoms with E-state index in [1.54, 1.807) is 4.90 Å². The molecule has 0 fully saturated rings. The Morgan fingerprint density at radius 3 is 2.83 bits per heavy atom. The summed E-state index contributed by atoms with van der Waals surface area (Å²) in [7, 11) is 0. The number of nitrogens with two attached hydrogens (primary N) is 1. The SMILES string of the molecule is CCN(Cc1cccc(C)c1)C(=O)COCCN. The van der Waals surface area contributed by atoms with Crippen LogP contribution in [0.15, 0.2) is 24.3 Å². The van der Waals surface area contributed by atoms with Gasteiger partial charge in [0.15, 0.2) is 0 Å². The fourth-order valence-corrected chi connectivity index (χ4v) is 1.74. The minimum atomic E-state index is 0.00690. The van der Waals surface area contributed by atoms with Crippen LogP contribution in [0.1, 0.15) is 18.1 Å². The van der Waals surface area contributed by atoms with E-state index in [2.05, 4.69) is 6.07 Å². The number of likely N-dealkylation sites (N-methyl/N-ethyl adjacent to an activating group) is 1. The van der Waals surface area contributed by atoms with Crippen molar-refractivity contribution in [2.45, 2.75) is 20.4 Å². The Labute approximate surface area is 109 Å². The predicted octanol–water partition coefficient (Wildman–Crippen LogP) is 1.32. The summed E-state index contributed by atoms with van der Waals surface area (Å²) in [4.78, 5) is 13.7. The standard InChI is InChI=1S/C14H22N2O2/c1-3-16(14(17)11-18-8-7-15)10-13-6-4-5-12(2)9-13/h4-6,9H,3,7-8,10-11,15H2,1-2H3. The number of benzene rings is 1. The average molecular weight is 250 g/mol. The molecule has 0 aliphatic carbocycles. The molecule has 0 aliphatic heterocycles. The minimum Gasteiger partial charge on any atom is -0.370 e. The van der Waals surface area contributed by atoms with Gasteiger partial charge in [-0.1, -0.05) is 29.8 Å². The summed E-state index contributed by atoms with van der Waals surface area (Å²) in [5, 5.41) is 0. The molecular formula is C14H22N2O2. The smallest absolute Gasteiger partial charge is 0.248 e. The molecule has 0 radical (unpaired) electrons. The third-order valence-corrected chi connectivity index (χ3v) is 2.68. The Morgan fingerprint density at radius 2 is 2.22 bits per heavy atom. The summed E-state index contributed by atoms with van der Waals surface area (Å²) in [5.41, 5.74) is 7.66. The van der Waals surface area contributed by atoms with Crippen LogP contribution in [0.4, 0.5) is 0 Å². The van der Waals surface area contributed by atoms with Crippen molar-refractivity contribution in [1.29, 1.82) is 0 Å². The van der Waals surface area contributed by atoms with Crippen molar-refractivity contribution in [3.8, 4) is 0 Å². The number of nitrogens with zero attached hydrogens (tertiary/aromatic N) is 1. The van der Waals surface area contributed by atoms with E-state index >= 15 is 0 Å². The Bertz CT molecular complexity index is 380. The summed E-state index contributed by atoms with van der Waals surface area (Å²) in [6, 6.07) is 8.18. The van der Waals surface area contributed by atoms with Crippen molar-refractivity contribution < 1.29 is 9.53 Å². The van der Waals surface area contributed by atoms with E-state index in [1.807, 2.05) is 32.0 Å². The van der Waals surface area contributed by atoms with Crippen LogP contribution in [-0.4, -0.2) is 37.1 Å². The van der Waals surface area contributed by atoms with E-state index in [0.717, 1.165) is 5.56 Å². The Hall–Kier alpha value is -1.39. The zero-order valence-electron chi connectivity index (χ0n) is 11.2. The molecule has 0 aromatic heterocycles. The van der Waals surface area contributed by atoms with Gasteiger partial charge in [-0.25, -0.2) is 0 Å². The highest BCUT2D eigenvalue weighted by atomic mass is 16.5. The third kappa shape index (κ3) is 4.85. The number of rotatable bonds is 7. The number of amides is 1. The molecule has 2 N–H and O–H groups in total. The summed E-state index contributed by atoms with van der Waals surface area (Å²) in [6.45, 7) is 6.30. The Balaban J connectivity index is 2.53. The van der Waals surface area contributed by atoms with Crippen LogP contribution in [0.25, 0.3) is 0 Å². The lowest BCUT2D eigenvalue weighted by molar-refractivity contribution is -0.136. The van der Waals surface area contributed by atoms with Crippen molar-refractivity contribution in [2.24, 2.45) is 5.73 Å². The van der Waals surface area contributed by atoms with Gasteiger partial charge in [0.2, 0.25) is 5.91 Å². The van der Waals surface area contributed by atoms with Crippen LogP contribution in [0.3, 0.4) is 0 Å². The second-order valence-corrected chi connectivity index (χ2v) is 4.24. The Morgan fingerprint density at radius 1 is 1.44 bits per heavy atom. The zero-order chi connectivity index (χ0) is 13.4. The van der Waals surface area contributed by atoms with Gasteiger partial charge in [-0.05, 0) is 19.4 Å². The van der Waals surface area contributed by atoms with Crippen LogP contribution < -0.4 is 5.73 Å². The number of hydrogen-bond acceptors (Lipinski definition) is 3. The second kappa shape index (κ2) is 7.84. The molecular weight excluding hydrogens is 228 g/mol. The first-order chi connectivity index (χ1) is 8.67. The van der Waals surface area contributed by atoms with Gasteiger partial charge < -0.3 is 15.4 Å². The third-order valence-electron chi connectivity index (χ3n) is 2.68. The highest BCUT2D eigenvalue weighted by Gasteiger charge is 2.11. The van der Waals surface area contributed by atoms with Crippen molar-refractivity contribution >= 4 is 5.91 Å². The molecule has 18 heavy (non-hydrogen) atoms. The van der Waals surface area contributed by atoms with Gasteiger partial charge in [0, 0.05) is 19.6 Å². The molecule has 0 unspecified atom stereocenters. The molecule has 0 saturated heterocycles. The summed E-state index contributed by atoms with van der Waals surface area (Å²) >= 11 is 0. The lowest BCUT2D eigenvalue weighted by Gasteiger charge is -2.21. The van der Waals surface area contributed by atoms with E-state index in [-0.39, 0.29) is 12.5 Å². The average Bonchev–Trinajstić information content (AvgIpc) is 2.36. The molecule has 0 heterocycles. The molecule has 0 aliphatic rings. The lowest BCUT2D eigenvalue weighted by atomic mass is 10.1. The minimum absolute atomic E-state index is 0.00690. The number of carbonyl (C=O) groups excluding carboxylic acids is 1. The molecule has 0 bridgehead atoms. The maximum absolute atomic E-state index is 11.9. The number of aryl methyl sites for hydroxylation is 1. The highest BCUT2D eigenvalue weighted by molar-refractivity contribution is 5.77. The van der Waals surface area contributed by atoms with E-state index in [9.17, 15) is 4.79 Å². The molecule has 1 rings (SSSR count). The molecule has 1 aromatic rings. The van der Waals surface area contributed by atoms with E-state index in [4.69, 9.17) is 10.5 Å². The quantitative estimate of drug-likeness (QED) is 0.743. The summed E-state index contributed by atoms with van der Waals surface area (Å²) < 4.78 is 5.17. The zero-order valence-corrected chi connectivity index (χ0v) is 11.2. The first-order valence-electron chi connectivity index (χ1n) is 6.28. The molecule has 100 valence electrons. The van der Waals surface area contributed by atoms with Crippen molar-refractivity contribution in [3.05, 3.63) is 35.4 Å². The van der Waals surface area contributed by atoms with Crippen LogP contribution >= 0.6 is 0 Å². The van der Waals surface area contributed by atoms with Crippen LogP contribution in [-0.2, 0) is 16.1 Å². The lowest BCUT2D eigenvalue weighted by Crippen LogP contribution is -2.33. The summed E-state index contributed by atoms with van der Waals surface area (Å²) in [5.74, 6) is 0.00690. The van der Waals surface area contributed by atoms with Gasteiger partial charge in [0.25, 0.3) is 0 Å². The van der Waals surface area contributed by atoms with E-state index in [0.29, 0.717) is 26.2 Å². The van der Waals surface area contributed by atoms with Gasteiger partial charge in [0.1, 0.15) is 6.61 Å². The summed E-state index contributed by atoms with van der Waals surface area (Å²) in [6.07, 6.45) is 0. The van der Waals surface area contributed by atoms with Gasteiger partial charge in [-0.2, -0.15) is 0 Å². The molecule has 4 nitrogen and oxygen atoms in total. The van der Waals surface area contributed by atoms with Crippen molar-refractivity contribution in [3.63, 3.8) is 0 Å². The predicted molar refractivity (Wildman–Crippen MR) is 72.1 cm³/mol. The van der Waals surface area contributed by atoms with Crippen molar-refractivity contribution in [2.75, 3.05) is 26.3 Å². The molecule has 1 aromatic carbocycles. The second-order valence-electron chi connectivity index (χ2n) is 4.24. The Kier molecular flexibility index (Phi) is 6.39. The van der Waals surface area contributed by atoms with Gasteiger partial charge >= 0.3 is 0 Å². The number of hydrogen-bond donors (Lipinski definition) is 1. The first kappa shape index (κ1) is 14.7. The van der Waals surface area contributed by atoms with Gasteiger partial charge in [-0.3, -0.25) is 4.79 Å². The van der Waals surface area contributed by atoms with Gasteiger partial charge in [-0.15, -0.1) is 0 Å². The number of ether oxygens (including phenoxy) is 1. The largest absolute Gasteiger partial charge is 0.370 e. The molecule has 1 amide bonds. The molecule has 0 spiro atoms. The molecule has 0 atom stereocenters. The van der Waals surface area contributed by atoms with E-state index < -0.39 is 0 Å². The normalized spacial score (nSPS) is 10.4. The van der Waals surface area contributed by atoms with Gasteiger partial charge in [0.05, 0.1) is 6.61 Å². The number of carbonyl (C=O) groups is 1. The molecule has 0 saturated carbocycles. The van der Waals surface area contributed by atoms with Crippen LogP contribution in [0.2, 0.25) is 0 Å². The van der Waals surface area contributed by atoms with Crippen LogP contribution in [0, 0.1) is 6.92 Å². The maximum atomic E-state index is 11.9. The first-order valence-corrected chi connectivity index (χ1v) is 6.28. The molecule has 4 heteroatoms. The fourth-order valence-electron chi connectivity index (χ4n) is 1.74. The topological polar surface area (TPSA) is 55.6 Å². The van der Waals surface area contributed by atoms with Crippen molar-refractivity contribution in [1.82, 2.24) is 4.90 Å². The highest BCUT2D eigenvalue weighted by Crippen LogP contribution is 2.07. The van der Waals surface area contributed by atoms with E-state index in [1.165, 1.54) is 5.56 Å². The van der Waals surface area contributed by atoms with Crippen LogP contribution in [0.5, 0.6) is 0 Å². The maximum Gasteiger partial charge on any atom is 0.248 e.